The van der Waals surface area contributed by atoms with Crippen LogP contribution >= 0.6 is 11.3 Å². The minimum atomic E-state index is 0.707. The van der Waals surface area contributed by atoms with Crippen molar-refractivity contribution >= 4 is 11.3 Å². The van der Waals surface area contributed by atoms with E-state index in [0.717, 1.165) is 18.0 Å². The molecule has 0 radical (unpaired) electrons. The standard InChI is InChI=1S/C15H12N2OS/c1-2-15(19-7-1)14-5-6-16-17(14)13-4-3-11-9-18-10-12(11)8-13/h1-8H,9-10H2. The molecule has 1 aromatic carbocycles. The van der Waals surface area contributed by atoms with Gasteiger partial charge in [0, 0.05) is 0 Å². The molecular formula is C15H12N2OS. The molecule has 3 aromatic rings. The van der Waals surface area contributed by atoms with E-state index in [1.165, 1.54) is 16.0 Å². The summed E-state index contributed by atoms with van der Waals surface area (Å²) in [5, 5.41) is 6.54. The number of thiophene rings is 1. The van der Waals surface area contributed by atoms with Crippen LogP contribution in [0.15, 0.2) is 48.0 Å². The van der Waals surface area contributed by atoms with Crippen molar-refractivity contribution in [1.82, 2.24) is 9.78 Å². The lowest BCUT2D eigenvalue weighted by Gasteiger charge is -2.07. The summed E-state index contributed by atoms with van der Waals surface area (Å²) >= 11 is 1.73. The summed E-state index contributed by atoms with van der Waals surface area (Å²) in [4.78, 5) is 1.23. The third-order valence-corrected chi connectivity index (χ3v) is 4.26. The maximum absolute atomic E-state index is 5.46. The fraction of sp³-hybridized carbons (Fsp3) is 0.133. The zero-order valence-corrected chi connectivity index (χ0v) is 11.1. The first-order valence-electron chi connectivity index (χ1n) is 6.20. The predicted octanol–water partition coefficient (Wildman–Crippen LogP) is 3.63. The number of benzene rings is 1. The average Bonchev–Trinajstić information content (AvgIpc) is 3.18. The van der Waals surface area contributed by atoms with Crippen LogP contribution in [0.4, 0.5) is 0 Å². The highest BCUT2D eigenvalue weighted by Crippen LogP contribution is 2.28. The second kappa shape index (κ2) is 4.33. The Kier molecular flexibility index (Phi) is 2.50. The molecule has 1 aliphatic heterocycles. The van der Waals surface area contributed by atoms with Crippen LogP contribution in [0.3, 0.4) is 0 Å². The van der Waals surface area contributed by atoms with Gasteiger partial charge in [0.05, 0.1) is 35.7 Å². The summed E-state index contributed by atoms with van der Waals surface area (Å²) in [6.45, 7) is 1.44. The third-order valence-electron chi connectivity index (χ3n) is 3.37. The van der Waals surface area contributed by atoms with Crippen molar-refractivity contribution in [1.29, 1.82) is 0 Å². The van der Waals surface area contributed by atoms with E-state index in [0.29, 0.717) is 6.61 Å². The van der Waals surface area contributed by atoms with Gasteiger partial charge in [-0.1, -0.05) is 12.1 Å². The van der Waals surface area contributed by atoms with Crippen LogP contribution < -0.4 is 0 Å². The van der Waals surface area contributed by atoms with Crippen molar-refractivity contribution < 1.29 is 4.74 Å². The first-order chi connectivity index (χ1) is 9.42. The molecule has 0 saturated carbocycles. The molecule has 2 aromatic heterocycles. The molecule has 0 amide bonds. The summed E-state index contributed by atoms with van der Waals surface area (Å²) in [5.41, 5.74) is 4.78. The normalized spacial score (nSPS) is 13.7. The van der Waals surface area contributed by atoms with E-state index in [4.69, 9.17) is 4.74 Å². The highest BCUT2D eigenvalue weighted by atomic mass is 32.1. The van der Waals surface area contributed by atoms with Gasteiger partial charge in [-0.15, -0.1) is 11.3 Å². The van der Waals surface area contributed by atoms with E-state index < -0.39 is 0 Å². The Morgan fingerprint density at radius 1 is 1.11 bits per heavy atom. The van der Waals surface area contributed by atoms with Crippen molar-refractivity contribution in [2.24, 2.45) is 0 Å². The quantitative estimate of drug-likeness (QED) is 0.709. The fourth-order valence-electron chi connectivity index (χ4n) is 2.41. The van der Waals surface area contributed by atoms with Crippen LogP contribution in [0.5, 0.6) is 0 Å². The van der Waals surface area contributed by atoms with Crippen LogP contribution in [0.1, 0.15) is 11.1 Å². The second-order valence-electron chi connectivity index (χ2n) is 4.55. The molecule has 0 N–H and O–H groups in total. The zero-order chi connectivity index (χ0) is 12.7. The Morgan fingerprint density at radius 2 is 2.05 bits per heavy atom. The molecular weight excluding hydrogens is 256 g/mol. The third kappa shape index (κ3) is 1.80. The minimum absolute atomic E-state index is 0.707. The Balaban J connectivity index is 1.83. The summed E-state index contributed by atoms with van der Waals surface area (Å²) in [5.74, 6) is 0. The minimum Gasteiger partial charge on any atom is -0.372 e. The van der Waals surface area contributed by atoms with E-state index in [2.05, 4.69) is 46.9 Å². The molecule has 3 nitrogen and oxygen atoms in total. The molecule has 0 fully saturated rings. The highest BCUT2D eigenvalue weighted by Gasteiger charge is 2.14. The number of fused-ring (bicyclic) bond motifs is 1. The molecule has 0 spiro atoms. The molecule has 4 heteroatoms. The lowest BCUT2D eigenvalue weighted by molar-refractivity contribution is 0.134. The Morgan fingerprint density at radius 3 is 2.95 bits per heavy atom. The molecule has 0 atom stereocenters. The van der Waals surface area contributed by atoms with Crippen LogP contribution in [0.2, 0.25) is 0 Å². The van der Waals surface area contributed by atoms with E-state index >= 15 is 0 Å². The van der Waals surface area contributed by atoms with Gasteiger partial charge in [0.25, 0.3) is 0 Å². The highest BCUT2D eigenvalue weighted by molar-refractivity contribution is 7.13. The lowest BCUT2D eigenvalue weighted by Crippen LogP contribution is -1.99. The Hall–Kier alpha value is -1.91. The van der Waals surface area contributed by atoms with Gasteiger partial charge < -0.3 is 4.74 Å². The van der Waals surface area contributed by atoms with E-state index in [9.17, 15) is 0 Å². The fourth-order valence-corrected chi connectivity index (χ4v) is 3.15. The largest absolute Gasteiger partial charge is 0.372 e. The molecule has 4 rings (SSSR count). The first kappa shape index (κ1) is 11.0. The first-order valence-corrected chi connectivity index (χ1v) is 7.07. The van der Waals surface area contributed by atoms with E-state index in [1.807, 2.05) is 10.9 Å². The van der Waals surface area contributed by atoms with Crippen molar-refractivity contribution in [3.05, 3.63) is 59.1 Å². The van der Waals surface area contributed by atoms with Crippen molar-refractivity contribution in [3.63, 3.8) is 0 Å². The molecule has 0 unspecified atom stereocenters. The monoisotopic (exact) mass is 268 g/mol. The van der Waals surface area contributed by atoms with Gasteiger partial charge in [-0.25, -0.2) is 4.68 Å². The van der Waals surface area contributed by atoms with Crippen LogP contribution in [0.25, 0.3) is 16.3 Å². The van der Waals surface area contributed by atoms with Gasteiger partial charge in [-0.2, -0.15) is 5.10 Å². The van der Waals surface area contributed by atoms with E-state index in [1.54, 1.807) is 11.3 Å². The summed E-state index contributed by atoms with van der Waals surface area (Å²) in [6.07, 6.45) is 1.85. The van der Waals surface area contributed by atoms with Gasteiger partial charge in [-0.05, 0) is 40.8 Å². The van der Waals surface area contributed by atoms with Gasteiger partial charge in [0.1, 0.15) is 0 Å². The van der Waals surface area contributed by atoms with Gasteiger partial charge in [0.2, 0.25) is 0 Å². The maximum Gasteiger partial charge on any atom is 0.0840 e. The SMILES string of the molecule is c1csc(-c2ccnn2-c2ccc3c(c2)COC3)c1. The summed E-state index contributed by atoms with van der Waals surface area (Å²) in [7, 11) is 0. The summed E-state index contributed by atoms with van der Waals surface area (Å²) in [6, 6.07) is 12.7. The van der Waals surface area contributed by atoms with Crippen molar-refractivity contribution in [3.8, 4) is 16.3 Å². The molecule has 0 saturated heterocycles. The zero-order valence-electron chi connectivity index (χ0n) is 10.2. The molecule has 0 aliphatic carbocycles. The summed E-state index contributed by atoms with van der Waals surface area (Å²) < 4.78 is 7.45. The number of ether oxygens (including phenoxy) is 1. The van der Waals surface area contributed by atoms with Crippen LogP contribution in [0, 0.1) is 0 Å². The number of rotatable bonds is 2. The lowest BCUT2D eigenvalue weighted by atomic mass is 10.1. The van der Waals surface area contributed by atoms with Crippen molar-refractivity contribution in [2.75, 3.05) is 0 Å². The number of hydrogen-bond acceptors (Lipinski definition) is 3. The molecule has 94 valence electrons. The average molecular weight is 268 g/mol. The van der Waals surface area contributed by atoms with Gasteiger partial charge in [-0.3, -0.25) is 0 Å². The van der Waals surface area contributed by atoms with Gasteiger partial charge >= 0.3 is 0 Å². The Labute approximate surface area is 115 Å². The number of hydrogen-bond donors (Lipinski definition) is 0. The maximum atomic E-state index is 5.46. The number of aromatic nitrogens is 2. The van der Waals surface area contributed by atoms with Gasteiger partial charge in [0.15, 0.2) is 0 Å². The van der Waals surface area contributed by atoms with Crippen LogP contribution in [-0.4, -0.2) is 9.78 Å². The molecule has 3 heterocycles. The molecule has 0 bridgehead atoms. The number of nitrogens with zero attached hydrogens (tertiary/aromatic N) is 2. The van der Waals surface area contributed by atoms with E-state index in [-0.39, 0.29) is 0 Å². The smallest absolute Gasteiger partial charge is 0.0840 e. The molecule has 19 heavy (non-hydrogen) atoms. The van der Waals surface area contributed by atoms with Crippen LogP contribution in [-0.2, 0) is 18.0 Å². The van der Waals surface area contributed by atoms with Crippen molar-refractivity contribution in [2.45, 2.75) is 13.2 Å². The topological polar surface area (TPSA) is 27.1 Å². The molecule has 1 aliphatic rings. The Bertz CT molecular complexity index is 716. The predicted molar refractivity (Wildman–Crippen MR) is 75.4 cm³/mol. The second-order valence-corrected chi connectivity index (χ2v) is 5.50.